The van der Waals surface area contributed by atoms with Crippen molar-refractivity contribution in [2.75, 3.05) is 19.0 Å². The number of methoxy groups -OCH3 is 1. The topological polar surface area (TPSA) is 101 Å². The zero-order chi connectivity index (χ0) is 16.7. The molecule has 1 aromatic heterocycles. The van der Waals surface area contributed by atoms with E-state index in [1.54, 1.807) is 36.4 Å². The molecule has 0 saturated heterocycles. The van der Waals surface area contributed by atoms with Gasteiger partial charge in [-0.25, -0.2) is 0 Å². The van der Waals surface area contributed by atoms with E-state index < -0.39 is 17.9 Å². The minimum Gasteiger partial charge on any atom is -0.497 e. The molecule has 122 valence electrons. The number of ether oxygens (including phenoxy) is 1. The Kier molecular flexibility index (Phi) is 5.76. The molecule has 2 rings (SSSR count). The van der Waals surface area contributed by atoms with Gasteiger partial charge in [-0.1, -0.05) is 0 Å². The molecule has 23 heavy (non-hydrogen) atoms. The van der Waals surface area contributed by atoms with Gasteiger partial charge in [-0.2, -0.15) is 0 Å². The highest BCUT2D eigenvalue weighted by atomic mass is 16.5. The molecule has 0 fully saturated rings. The summed E-state index contributed by atoms with van der Waals surface area (Å²) in [5.74, 6) is -0.476. The zero-order valence-electron chi connectivity index (χ0n) is 12.6. The lowest BCUT2D eigenvalue weighted by atomic mass is 10.2. The van der Waals surface area contributed by atoms with Crippen molar-refractivity contribution in [1.29, 1.82) is 0 Å². The third kappa shape index (κ3) is 4.86. The molecule has 0 saturated carbocycles. The molecule has 0 aliphatic rings. The van der Waals surface area contributed by atoms with E-state index in [-0.39, 0.29) is 13.0 Å². The molecule has 2 amide bonds. The summed E-state index contributed by atoms with van der Waals surface area (Å²) >= 11 is 0. The van der Waals surface area contributed by atoms with Crippen LogP contribution in [0.3, 0.4) is 0 Å². The van der Waals surface area contributed by atoms with Gasteiger partial charge in [-0.15, -0.1) is 0 Å². The Hall–Kier alpha value is -2.80. The van der Waals surface area contributed by atoms with Crippen molar-refractivity contribution >= 4 is 17.5 Å². The highest BCUT2D eigenvalue weighted by Gasteiger charge is 2.15. The number of aliphatic hydroxyl groups is 1. The Morgan fingerprint density at radius 3 is 2.57 bits per heavy atom. The molecule has 1 heterocycles. The predicted molar refractivity (Wildman–Crippen MR) is 82.9 cm³/mol. The number of carbonyl (C=O) groups excluding carboxylic acids is 2. The van der Waals surface area contributed by atoms with Gasteiger partial charge >= 0.3 is 11.8 Å². The summed E-state index contributed by atoms with van der Waals surface area (Å²) in [7, 11) is 1.54. The van der Waals surface area contributed by atoms with Crippen LogP contribution in [0.1, 0.15) is 18.3 Å². The normalized spacial score (nSPS) is 11.6. The van der Waals surface area contributed by atoms with E-state index in [9.17, 15) is 14.7 Å². The largest absolute Gasteiger partial charge is 0.497 e. The maximum atomic E-state index is 11.7. The summed E-state index contributed by atoms with van der Waals surface area (Å²) in [6, 6.07) is 9.91. The van der Waals surface area contributed by atoms with Crippen LogP contribution in [0.4, 0.5) is 5.69 Å². The Morgan fingerprint density at radius 1 is 1.22 bits per heavy atom. The van der Waals surface area contributed by atoms with Crippen molar-refractivity contribution in [2.24, 2.45) is 0 Å². The Labute approximate surface area is 133 Å². The molecule has 1 aromatic carbocycles. The first kappa shape index (κ1) is 16.6. The number of rotatable bonds is 6. The fourth-order valence-electron chi connectivity index (χ4n) is 1.89. The average Bonchev–Trinajstić information content (AvgIpc) is 3.10. The zero-order valence-corrected chi connectivity index (χ0v) is 12.6. The standard InChI is InChI=1S/C16H18N2O5/c1-22-12-6-4-11(5-7-12)18-16(21)15(20)17-9-8-13(19)14-3-2-10-23-14/h2-7,10,13,19H,8-9H2,1H3,(H,17,20)(H,18,21). The average molecular weight is 318 g/mol. The Morgan fingerprint density at radius 2 is 1.96 bits per heavy atom. The highest BCUT2D eigenvalue weighted by molar-refractivity contribution is 6.39. The third-order valence-electron chi connectivity index (χ3n) is 3.13. The number of furan rings is 1. The summed E-state index contributed by atoms with van der Waals surface area (Å²) < 4.78 is 10.1. The molecule has 0 aliphatic carbocycles. The van der Waals surface area contributed by atoms with Crippen LogP contribution in [0.2, 0.25) is 0 Å². The van der Waals surface area contributed by atoms with Gasteiger partial charge < -0.3 is 24.9 Å². The molecular formula is C16H18N2O5. The van der Waals surface area contributed by atoms with Gasteiger partial charge in [0, 0.05) is 12.2 Å². The van der Waals surface area contributed by atoms with Crippen molar-refractivity contribution < 1.29 is 23.8 Å². The number of amides is 2. The van der Waals surface area contributed by atoms with Gasteiger partial charge in [0.15, 0.2) is 0 Å². The van der Waals surface area contributed by atoms with Crippen LogP contribution in [0.5, 0.6) is 5.75 Å². The van der Waals surface area contributed by atoms with Crippen LogP contribution in [-0.2, 0) is 9.59 Å². The quantitative estimate of drug-likeness (QED) is 0.700. The van der Waals surface area contributed by atoms with Gasteiger partial charge in [0.05, 0.1) is 13.4 Å². The minimum atomic E-state index is -0.824. The Bertz CT molecular complexity index is 637. The van der Waals surface area contributed by atoms with Gasteiger partial charge in [0.1, 0.15) is 17.6 Å². The van der Waals surface area contributed by atoms with Crippen LogP contribution in [0, 0.1) is 0 Å². The minimum absolute atomic E-state index is 0.150. The van der Waals surface area contributed by atoms with E-state index in [1.807, 2.05) is 0 Å². The molecule has 3 N–H and O–H groups in total. The van der Waals surface area contributed by atoms with E-state index in [0.29, 0.717) is 17.2 Å². The Balaban J connectivity index is 1.75. The first-order valence-corrected chi connectivity index (χ1v) is 7.05. The second-order valence-electron chi connectivity index (χ2n) is 4.76. The monoisotopic (exact) mass is 318 g/mol. The maximum absolute atomic E-state index is 11.7. The summed E-state index contributed by atoms with van der Waals surface area (Å²) in [6.07, 6.45) is 0.879. The lowest BCUT2D eigenvalue weighted by Crippen LogP contribution is -2.36. The molecule has 7 nitrogen and oxygen atoms in total. The summed E-state index contributed by atoms with van der Waals surface area (Å²) in [5.41, 5.74) is 0.488. The molecule has 0 bridgehead atoms. The molecule has 1 unspecified atom stereocenters. The summed E-state index contributed by atoms with van der Waals surface area (Å²) in [5, 5.41) is 14.7. The van der Waals surface area contributed by atoms with Gasteiger partial charge in [0.25, 0.3) is 0 Å². The second kappa shape index (κ2) is 8.00. The van der Waals surface area contributed by atoms with E-state index in [4.69, 9.17) is 9.15 Å². The van der Waals surface area contributed by atoms with Gasteiger partial charge in [0.2, 0.25) is 0 Å². The number of benzene rings is 1. The number of anilines is 1. The fourth-order valence-corrected chi connectivity index (χ4v) is 1.89. The first-order valence-electron chi connectivity index (χ1n) is 7.05. The SMILES string of the molecule is COc1ccc(NC(=O)C(=O)NCCC(O)c2ccco2)cc1. The number of nitrogens with one attached hydrogen (secondary N) is 2. The number of aliphatic hydroxyl groups excluding tert-OH is 1. The van der Waals surface area contributed by atoms with Crippen LogP contribution in [0.15, 0.2) is 47.1 Å². The lowest BCUT2D eigenvalue weighted by Gasteiger charge is -2.09. The van der Waals surface area contributed by atoms with E-state index in [1.165, 1.54) is 13.4 Å². The van der Waals surface area contributed by atoms with Crippen molar-refractivity contribution in [1.82, 2.24) is 5.32 Å². The van der Waals surface area contributed by atoms with E-state index in [2.05, 4.69) is 10.6 Å². The number of hydrogen-bond donors (Lipinski definition) is 3. The van der Waals surface area contributed by atoms with Gasteiger partial charge in [-0.3, -0.25) is 9.59 Å². The van der Waals surface area contributed by atoms with Crippen LogP contribution in [-0.4, -0.2) is 30.6 Å². The molecule has 2 aromatic rings. The molecule has 7 heteroatoms. The molecule has 0 aliphatic heterocycles. The molecule has 0 spiro atoms. The van der Waals surface area contributed by atoms with E-state index in [0.717, 1.165) is 0 Å². The second-order valence-corrected chi connectivity index (χ2v) is 4.76. The van der Waals surface area contributed by atoms with Gasteiger partial charge in [-0.05, 0) is 42.8 Å². The first-order chi connectivity index (χ1) is 11.1. The molecular weight excluding hydrogens is 300 g/mol. The maximum Gasteiger partial charge on any atom is 0.313 e. The number of hydrogen-bond acceptors (Lipinski definition) is 5. The summed E-state index contributed by atoms with van der Waals surface area (Å²) in [4.78, 5) is 23.4. The molecule has 0 radical (unpaired) electrons. The van der Waals surface area contributed by atoms with E-state index >= 15 is 0 Å². The molecule has 1 atom stereocenters. The van der Waals surface area contributed by atoms with Crippen LogP contribution >= 0.6 is 0 Å². The van der Waals surface area contributed by atoms with Crippen LogP contribution < -0.4 is 15.4 Å². The van der Waals surface area contributed by atoms with Crippen molar-refractivity contribution in [3.05, 3.63) is 48.4 Å². The van der Waals surface area contributed by atoms with Crippen molar-refractivity contribution in [2.45, 2.75) is 12.5 Å². The predicted octanol–water partition coefficient (Wildman–Crippen LogP) is 1.47. The smallest absolute Gasteiger partial charge is 0.313 e. The van der Waals surface area contributed by atoms with Crippen LogP contribution in [0.25, 0.3) is 0 Å². The number of carbonyl (C=O) groups is 2. The third-order valence-corrected chi connectivity index (χ3v) is 3.13. The summed E-state index contributed by atoms with van der Waals surface area (Å²) in [6.45, 7) is 0.150. The lowest BCUT2D eigenvalue weighted by molar-refractivity contribution is -0.136. The fraction of sp³-hybridized carbons (Fsp3) is 0.250. The van der Waals surface area contributed by atoms with Crippen molar-refractivity contribution in [3.8, 4) is 5.75 Å². The highest BCUT2D eigenvalue weighted by Crippen LogP contribution is 2.16. The van der Waals surface area contributed by atoms with Crippen molar-refractivity contribution in [3.63, 3.8) is 0 Å².